The van der Waals surface area contributed by atoms with E-state index in [2.05, 4.69) is 20.4 Å². The van der Waals surface area contributed by atoms with E-state index in [9.17, 15) is 4.79 Å². The maximum Gasteiger partial charge on any atom is 0.254 e. The number of carbonyl (C=O) groups is 1. The number of rotatable bonds is 6. The van der Waals surface area contributed by atoms with Gasteiger partial charge in [-0.05, 0) is 50.0 Å². The Balaban J connectivity index is 1.72. The van der Waals surface area contributed by atoms with Gasteiger partial charge in [0.25, 0.3) is 5.91 Å². The molecule has 0 bridgehead atoms. The second-order valence-electron chi connectivity index (χ2n) is 6.14. The molecular formula is C18H23ClN4O. The second kappa shape index (κ2) is 7.81. The molecule has 0 radical (unpaired) electrons. The zero-order chi connectivity index (χ0) is 16.9. The maximum atomic E-state index is 12.5. The number of nitrogens with one attached hydrogen (secondary N) is 2. The topological polar surface area (TPSA) is 61.0 Å². The number of aryl methyl sites for hydroxylation is 1. The number of likely N-dealkylation sites (tertiary alicyclic amines) is 1. The first-order valence-electron chi connectivity index (χ1n) is 8.49. The second-order valence-corrected chi connectivity index (χ2v) is 6.57. The van der Waals surface area contributed by atoms with Crippen LogP contribution in [0.3, 0.4) is 0 Å². The van der Waals surface area contributed by atoms with Gasteiger partial charge in [0.05, 0.1) is 17.8 Å². The summed E-state index contributed by atoms with van der Waals surface area (Å²) in [5.74, 6) is -0.0706. The average Bonchev–Trinajstić information content (AvgIpc) is 3.27. The third-order valence-corrected chi connectivity index (χ3v) is 4.86. The van der Waals surface area contributed by atoms with Crippen molar-refractivity contribution in [3.05, 3.63) is 52.3 Å². The van der Waals surface area contributed by atoms with E-state index >= 15 is 0 Å². The predicted octanol–water partition coefficient (Wildman–Crippen LogP) is 3.19. The lowest BCUT2D eigenvalue weighted by molar-refractivity contribution is 0.0937. The highest BCUT2D eigenvalue weighted by atomic mass is 35.5. The molecule has 0 unspecified atom stereocenters. The first-order chi connectivity index (χ1) is 11.7. The molecule has 0 spiro atoms. The minimum Gasteiger partial charge on any atom is -0.350 e. The summed E-state index contributed by atoms with van der Waals surface area (Å²) in [4.78, 5) is 14.9. The number of carbonyl (C=O) groups excluding carboxylic acids is 1. The van der Waals surface area contributed by atoms with E-state index in [1.165, 1.54) is 18.4 Å². The fourth-order valence-electron chi connectivity index (χ4n) is 3.26. The van der Waals surface area contributed by atoms with E-state index < -0.39 is 0 Å². The summed E-state index contributed by atoms with van der Waals surface area (Å²) in [6.45, 7) is 4.71. The molecule has 24 heavy (non-hydrogen) atoms. The minimum atomic E-state index is -0.0706. The summed E-state index contributed by atoms with van der Waals surface area (Å²) in [5, 5.41) is 10.7. The number of H-pyrrole nitrogens is 1. The van der Waals surface area contributed by atoms with Crippen molar-refractivity contribution in [1.29, 1.82) is 0 Å². The third kappa shape index (κ3) is 3.79. The molecule has 3 rings (SSSR count). The van der Waals surface area contributed by atoms with Crippen molar-refractivity contribution in [2.24, 2.45) is 0 Å². The van der Waals surface area contributed by atoms with Crippen LogP contribution in [0.25, 0.3) is 0 Å². The number of benzene rings is 1. The molecule has 1 aliphatic rings. The van der Waals surface area contributed by atoms with Crippen LogP contribution in [0.2, 0.25) is 5.02 Å². The van der Waals surface area contributed by atoms with Crippen molar-refractivity contribution in [3.63, 3.8) is 0 Å². The van der Waals surface area contributed by atoms with Gasteiger partial charge in [-0.25, -0.2) is 0 Å². The Kier molecular flexibility index (Phi) is 5.53. The lowest BCUT2D eigenvalue weighted by atomic mass is 10.1. The molecule has 1 aromatic heterocycles. The Labute approximate surface area is 147 Å². The summed E-state index contributed by atoms with van der Waals surface area (Å²) in [7, 11) is 0. The van der Waals surface area contributed by atoms with Crippen LogP contribution in [0.4, 0.5) is 0 Å². The molecule has 1 aromatic carbocycles. The van der Waals surface area contributed by atoms with E-state index in [0.717, 1.165) is 30.2 Å². The third-order valence-electron chi connectivity index (χ3n) is 4.61. The quantitative estimate of drug-likeness (QED) is 0.844. The minimum absolute atomic E-state index is 0.0706. The van der Waals surface area contributed by atoms with Crippen LogP contribution in [0.1, 0.15) is 47.4 Å². The molecule has 2 N–H and O–H groups in total. The fourth-order valence-corrected chi connectivity index (χ4v) is 3.38. The fraction of sp³-hybridized carbons (Fsp3) is 0.444. The van der Waals surface area contributed by atoms with Crippen LogP contribution >= 0.6 is 11.6 Å². The molecule has 128 valence electrons. The SMILES string of the molecule is CCc1[nH]ncc1C(=O)NC[C@H](c1ccc(Cl)cc1)N1CCCC1. The van der Waals surface area contributed by atoms with E-state index in [1.807, 2.05) is 31.2 Å². The molecule has 2 heterocycles. The van der Waals surface area contributed by atoms with Gasteiger partial charge >= 0.3 is 0 Å². The number of halogens is 1. The molecule has 6 heteroatoms. The van der Waals surface area contributed by atoms with Crippen LogP contribution in [0, 0.1) is 0 Å². The van der Waals surface area contributed by atoms with Crippen molar-refractivity contribution in [2.75, 3.05) is 19.6 Å². The molecule has 1 saturated heterocycles. The monoisotopic (exact) mass is 346 g/mol. The van der Waals surface area contributed by atoms with Gasteiger partial charge in [0.1, 0.15) is 0 Å². The highest BCUT2D eigenvalue weighted by Crippen LogP contribution is 2.25. The Bertz CT molecular complexity index is 677. The molecule has 0 saturated carbocycles. The van der Waals surface area contributed by atoms with Crippen molar-refractivity contribution in [1.82, 2.24) is 20.4 Å². The highest BCUT2D eigenvalue weighted by molar-refractivity contribution is 6.30. The Morgan fingerprint density at radius 1 is 1.33 bits per heavy atom. The molecule has 1 aliphatic heterocycles. The highest BCUT2D eigenvalue weighted by Gasteiger charge is 2.24. The lowest BCUT2D eigenvalue weighted by Crippen LogP contribution is -2.37. The average molecular weight is 347 g/mol. The Hall–Kier alpha value is -1.85. The van der Waals surface area contributed by atoms with E-state index in [-0.39, 0.29) is 11.9 Å². The summed E-state index contributed by atoms with van der Waals surface area (Å²) >= 11 is 6.01. The van der Waals surface area contributed by atoms with E-state index in [4.69, 9.17) is 11.6 Å². The zero-order valence-corrected chi connectivity index (χ0v) is 14.6. The largest absolute Gasteiger partial charge is 0.350 e. The molecule has 5 nitrogen and oxygen atoms in total. The number of hydrogen-bond donors (Lipinski definition) is 2. The number of aromatic nitrogens is 2. The lowest BCUT2D eigenvalue weighted by Gasteiger charge is -2.28. The van der Waals surface area contributed by atoms with Gasteiger partial charge in [-0.15, -0.1) is 0 Å². The molecule has 0 aliphatic carbocycles. The van der Waals surface area contributed by atoms with Crippen molar-refractivity contribution >= 4 is 17.5 Å². The first kappa shape index (κ1) is 17.0. The van der Waals surface area contributed by atoms with Crippen LogP contribution in [0.15, 0.2) is 30.5 Å². The van der Waals surface area contributed by atoms with Crippen molar-refractivity contribution < 1.29 is 4.79 Å². The van der Waals surface area contributed by atoms with Crippen LogP contribution < -0.4 is 5.32 Å². The summed E-state index contributed by atoms with van der Waals surface area (Å²) in [6.07, 6.45) is 4.77. The van der Waals surface area contributed by atoms with Crippen molar-refractivity contribution in [3.8, 4) is 0 Å². The van der Waals surface area contributed by atoms with Gasteiger partial charge in [0.15, 0.2) is 0 Å². The maximum absolute atomic E-state index is 12.5. The summed E-state index contributed by atoms with van der Waals surface area (Å²) in [5.41, 5.74) is 2.69. The molecule has 1 fully saturated rings. The van der Waals surface area contributed by atoms with Gasteiger partial charge in [0.2, 0.25) is 0 Å². The Morgan fingerprint density at radius 3 is 2.71 bits per heavy atom. The number of hydrogen-bond acceptors (Lipinski definition) is 3. The Morgan fingerprint density at radius 2 is 2.04 bits per heavy atom. The number of amides is 1. The summed E-state index contributed by atoms with van der Waals surface area (Å²) in [6, 6.07) is 8.09. The first-order valence-corrected chi connectivity index (χ1v) is 8.86. The van der Waals surface area contributed by atoms with Crippen molar-refractivity contribution in [2.45, 2.75) is 32.2 Å². The van der Waals surface area contributed by atoms with Gasteiger partial charge < -0.3 is 5.32 Å². The number of aromatic amines is 1. The van der Waals surface area contributed by atoms with Gasteiger partial charge in [-0.3, -0.25) is 14.8 Å². The van der Waals surface area contributed by atoms with E-state index in [0.29, 0.717) is 12.1 Å². The number of nitrogens with zero attached hydrogens (tertiary/aromatic N) is 2. The summed E-state index contributed by atoms with van der Waals surface area (Å²) < 4.78 is 0. The molecule has 1 amide bonds. The van der Waals surface area contributed by atoms with Crippen LogP contribution in [0.5, 0.6) is 0 Å². The van der Waals surface area contributed by atoms with E-state index in [1.54, 1.807) is 6.20 Å². The predicted molar refractivity (Wildman–Crippen MR) is 95.3 cm³/mol. The standard InChI is InChI=1S/C18H23ClN4O/c1-2-16-15(11-21-22-16)18(24)20-12-17(23-9-3-4-10-23)13-5-7-14(19)8-6-13/h5-8,11,17H,2-4,9-10,12H2,1H3,(H,20,24)(H,21,22)/t17-/m1/s1. The van der Waals surface area contributed by atoms with Crippen LogP contribution in [-0.4, -0.2) is 40.6 Å². The van der Waals surface area contributed by atoms with Gasteiger partial charge in [0, 0.05) is 17.3 Å². The van der Waals surface area contributed by atoms with Gasteiger partial charge in [-0.2, -0.15) is 5.10 Å². The van der Waals surface area contributed by atoms with Gasteiger partial charge in [-0.1, -0.05) is 30.7 Å². The van der Waals surface area contributed by atoms with Crippen LogP contribution in [-0.2, 0) is 6.42 Å². The zero-order valence-electron chi connectivity index (χ0n) is 13.9. The molecular weight excluding hydrogens is 324 g/mol. The smallest absolute Gasteiger partial charge is 0.254 e. The normalized spacial score (nSPS) is 16.2. The molecule has 1 atom stereocenters. The molecule has 2 aromatic rings.